The van der Waals surface area contributed by atoms with Gasteiger partial charge in [0, 0.05) is 6.10 Å². The average molecular weight is 492 g/mol. The Kier molecular flexibility index (Phi) is 6.67. The molecule has 4 aliphatic carbocycles. The predicted molar refractivity (Wildman–Crippen MR) is 148 cm³/mol. The van der Waals surface area contributed by atoms with Crippen LogP contribution in [0.4, 0.5) is 0 Å². The Bertz CT molecular complexity index is 1020. The van der Waals surface area contributed by atoms with Gasteiger partial charge in [-0.15, -0.1) is 0 Å². The molecule has 4 aliphatic rings. The van der Waals surface area contributed by atoms with Crippen LogP contribution < -0.4 is 0 Å². The lowest BCUT2D eigenvalue weighted by atomic mass is 9.47. The Morgan fingerprint density at radius 3 is 2.46 bits per heavy atom. The lowest BCUT2D eigenvalue weighted by molar-refractivity contribution is -0.0262. The Morgan fingerprint density at radius 2 is 1.71 bits per heavy atom. The first-order valence-electron chi connectivity index (χ1n) is 13.9. The highest BCUT2D eigenvalue weighted by Crippen LogP contribution is 2.65. The van der Waals surface area contributed by atoms with E-state index >= 15 is 0 Å². The third kappa shape index (κ3) is 4.73. The molecule has 0 bridgehead atoms. The summed E-state index contributed by atoms with van der Waals surface area (Å²) in [6.07, 6.45) is 14.3. The molecule has 2 fully saturated rings. The molecule has 1 aromatic rings. The maximum atomic E-state index is 6.56. The van der Waals surface area contributed by atoms with E-state index in [1.165, 1.54) is 50.5 Å². The Hall–Kier alpha value is -1.65. The number of benzene rings is 1. The van der Waals surface area contributed by atoms with Crippen LogP contribution in [0.15, 0.2) is 58.8 Å². The number of nitrogens with zero attached hydrogens (tertiary/aromatic N) is 1. The van der Waals surface area contributed by atoms with Crippen molar-refractivity contribution < 1.29 is 9.26 Å². The smallest absolute Gasteiger partial charge is 0.184 e. The van der Waals surface area contributed by atoms with Gasteiger partial charge in [0.2, 0.25) is 0 Å². The molecular weight excluding hydrogens is 446 g/mol. The van der Waals surface area contributed by atoms with Crippen molar-refractivity contribution in [3.05, 3.63) is 59.2 Å². The molecule has 2 saturated carbocycles. The molecule has 4 heteroatoms. The fraction of sp³-hybridized carbons (Fsp3) is 0.645. The van der Waals surface area contributed by atoms with Crippen molar-refractivity contribution in [1.29, 1.82) is 0 Å². The van der Waals surface area contributed by atoms with Crippen LogP contribution in [-0.2, 0) is 15.9 Å². The summed E-state index contributed by atoms with van der Waals surface area (Å²) in [5, 5.41) is 4.58. The van der Waals surface area contributed by atoms with Gasteiger partial charge in [0.05, 0.1) is 5.71 Å². The zero-order chi connectivity index (χ0) is 24.8. The van der Waals surface area contributed by atoms with Crippen molar-refractivity contribution in [1.82, 2.24) is 0 Å². The van der Waals surface area contributed by atoms with Crippen molar-refractivity contribution in [2.45, 2.75) is 98.1 Å². The molecule has 0 aliphatic heterocycles. The van der Waals surface area contributed by atoms with Gasteiger partial charge in [0.15, 0.2) is 8.32 Å². The number of oxime groups is 1. The molecule has 6 unspecified atom stereocenters. The molecule has 0 aromatic heterocycles. The van der Waals surface area contributed by atoms with Crippen LogP contribution in [0, 0.1) is 28.6 Å². The van der Waals surface area contributed by atoms with E-state index in [4.69, 9.17) is 9.26 Å². The summed E-state index contributed by atoms with van der Waals surface area (Å²) < 4.78 is 6.56. The Balaban J connectivity index is 1.29. The maximum Gasteiger partial charge on any atom is 0.184 e. The molecule has 35 heavy (non-hydrogen) atoms. The second-order valence-electron chi connectivity index (χ2n) is 13.1. The molecule has 0 N–H and O–H groups in total. The van der Waals surface area contributed by atoms with Crippen molar-refractivity contribution in [3.8, 4) is 0 Å². The van der Waals surface area contributed by atoms with Crippen LogP contribution >= 0.6 is 0 Å². The molecule has 1 aromatic carbocycles. The molecule has 0 heterocycles. The second-order valence-corrected chi connectivity index (χ2v) is 17.6. The third-order valence-corrected chi connectivity index (χ3v) is 10.9. The average Bonchev–Trinajstić information content (AvgIpc) is 3.16. The molecular formula is C31H45NO2Si. The van der Waals surface area contributed by atoms with E-state index in [0.29, 0.717) is 18.1 Å². The molecule has 190 valence electrons. The molecule has 0 radical (unpaired) electrons. The number of rotatable bonds is 6. The molecule has 0 spiro atoms. The molecule has 0 saturated heterocycles. The van der Waals surface area contributed by atoms with Crippen LogP contribution in [0.3, 0.4) is 0 Å². The topological polar surface area (TPSA) is 30.8 Å². The number of hydrogen-bond acceptors (Lipinski definition) is 3. The van der Waals surface area contributed by atoms with Crippen LogP contribution in [0.25, 0.3) is 0 Å². The largest absolute Gasteiger partial charge is 0.414 e. The van der Waals surface area contributed by atoms with E-state index in [1.807, 2.05) is 6.07 Å². The summed E-state index contributed by atoms with van der Waals surface area (Å²) in [5.41, 5.74) is 6.00. The quantitative estimate of drug-likeness (QED) is 0.173. The summed E-state index contributed by atoms with van der Waals surface area (Å²) in [7, 11) is -1.49. The summed E-state index contributed by atoms with van der Waals surface area (Å²) in [4.78, 5) is 5.79. The highest BCUT2D eigenvalue weighted by molar-refractivity contribution is 6.69. The van der Waals surface area contributed by atoms with Gasteiger partial charge in [-0.05, 0) is 111 Å². The molecule has 6 atom stereocenters. The van der Waals surface area contributed by atoms with E-state index in [0.717, 1.165) is 29.0 Å². The Labute approximate surface area is 214 Å². The lowest BCUT2D eigenvalue weighted by Gasteiger charge is -2.58. The van der Waals surface area contributed by atoms with Gasteiger partial charge in [0.25, 0.3) is 0 Å². The first-order chi connectivity index (χ1) is 16.6. The van der Waals surface area contributed by atoms with E-state index in [-0.39, 0.29) is 5.41 Å². The predicted octanol–water partition coefficient (Wildman–Crippen LogP) is 8.30. The standard InChI is InChI=1S/C31H45NO2Si/c1-22(32-33-21-23-10-8-7-9-11-23)27-14-15-28-26-13-12-24-20-25(34-35(4,5)6)16-18-30(24,2)29(26)17-19-31(27,28)3/h7-12,14,25-26,28-29H,13,15-21H2,1-6H3/b32-22+. The first kappa shape index (κ1) is 25.0. The second kappa shape index (κ2) is 9.34. The highest BCUT2D eigenvalue weighted by Gasteiger charge is 2.57. The zero-order valence-electron chi connectivity index (χ0n) is 22.8. The fourth-order valence-electron chi connectivity index (χ4n) is 8.18. The van der Waals surface area contributed by atoms with Gasteiger partial charge in [0.1, 0.15) is 6.61 Å². The summed E-state index contributed by atoms with van der Waals surface area (Å²) in [6, 6.07) is 10.3. The first-order valence-corrected chi connectivity index (χ1v) is 17.3. The number of fused-ring (bicyclic) bond motifs is 5. The minimum Gasteiger partial charge on any atom is -0.414 e. The third-order valence-electron chi connectivity index (χ3n) is 9.83. The summed E-state index contributed by atoms with van der Waals surface area (Å²) >= 11 is 0. The molecule has 5 rings (SSSR count). The van der Waals surface area contributed by atoms with Gasteiger partial charge in [-0.25, -0.2) is 0 Å². The zero-order valence-corrected chi connectivity index (χ0v) is 23.8. The van der Waals surface area contributed by atoms with Gasteiger partial charge < -0.3 is 9.26 Å². The van der Waals surface area contributed by atoms with Crippen LogP contribution in [0.1, 0.15) is 71.3 Å². The number of hydrogen-bond donors (Lipinski definition) is 0. The van der Waals surface area contributed by atoms with Gasteiger partial charge in [-0.1, -0.05) is 67.1 Å². The van der Waals surface area contributed by atoms with Crippen molar-refractivity contribution in [2.75, 3.05) is 0 Å². The van der Waals surface area contributed by atoms with E-state index < -0.39 is 8.32 Å². The molecule has 0 amide bonds. The normalized spacial score (nSPS) is 37.0. The summed E-state index contributed by atoms with van der Waals surface area (Å²) in [6.45, 7) is 14.8. The van der Waals surface area contributed by atoms with E-state index in [1.54, 1.807) is 5.57 Å². The Morgan fingerprint density at radius 1 is 0.971 bits per heavy atom. The van der Waals surface area contributed by atoms with Crippen LogP contribution in [-0.4, -0.2) is 20.1 Å². The van der Waals surface area contributed by atoms with Crippen molar-refractivity contribution >= 4 is 14.0 Å². The number of allylic oxidation sites excluding steroid dienone is 3. The van der Waals surface area contributed by atoms with Crippen molar-refractivity contribution in [3.63, 3.8) is 0 Å². The monoisotopic (exact) mass is 491 g/mol. The fourth-order valence-corrected chi connectivity index (χ4v) is 9.38. The van der Waals surface area contributed by atoms with Crippen molar-refractivity contribution in [2.24, 2.45) is 33.7 Å². The van der Waals surface area contributed by atoms with Gasteiger partial charge in [-0.2, -0.15) is 0 Å². The molecule has 3 nitrogen and oxygen atoms in total. The van der Waals surface area contributed by atoms with E-state index in [2.05, 4.69) is 82.0 Å². The van der Waals surface area contributed by atoms with Gasteiger partial charge >= 0.3 is 0 Å². The minimum absolute atomic E-state index is 0.227. The van der Waals surface area contributed by atoms with Crippen LogP contribution in [0.2, 0.25) is 19.6 Å². The maximum absolute atomic E-state index is 6.56. The van der Waals surface area contributed by atoms with E-state index in [9.17, 15) is 0 Å². The lowest BCUT2D eigenvalue weighted by Crippen LogP contribution is -2.51. The SMILES string of the molecule is C/C(=N\OCc1ccccc1)C1=CCC2C3CC=C4CC(O[Si](C)(C)C)CCC4(C)C3CCC12C. The summed E-state index contributed by atoms with van der Waals surface area (Å²) in [5.74, 6) is 2.32. The highest BCUT2D eigenvalue weighted by atomic mass is 28.4. The van der Waals surface area contributed by atoms with Gasteiger partial charge in [-0.3, -0.25) is 0 Å². The minimum atomic E-state index is -1.49. The van der Waals surface area contributed by atoms with Crippen LogP contribution in [0.5, 0.6) is 0 Å².